The van der Waals surface area contributed by atoms with Crippen LogP contribution in [0.1, 0.15) is 11.5 Å². The van der Waals surface area contributed by atoms with Crippen molar-refractivity contribution in [1.82, 2.24) is 4.31 Å². The first-order chi connectivity index (χ1) is 9.30. The van der Waals surface area contributed by atoms with Crippen molar-refractivity contribution in [2.45, 2.75) is 18.4 Å². The Morgan fingerprint density at radius 1 is 1.30 bits per heavy atom. The first-order valence-corrected chi connectivity index (χ1v) is 8.10. The van der Waals surface area contributed by atoms with E-state index in [9.17, 15) is 8.42 Å². The summed E-state index contributed by atoms with van der Waals surface area (Å²) in [6.07, 6.45) is 0. The minimum atomic E-state index is -3.60. The zero-order valence-corrected chi connectivity index (χ0v) is 13.5. The highest BCUT2D eigenvalue weighted by atomic mass is 79.9. The second kappa shape index (κ2) is 5.59. The van der Waals surface area contributed by atoms with Gasteiger partial charge in [0.15, 0.2) is 0 Å². The van der Waals surface area contributed by atoms with Crippen LogP contribution >= 0.6 is 15.9 Å². The van der Waals surface area contributed by atoms with Crippen molar-refractivity contribution >= 4 is 31.6 Å². The van der Waals surface area contributed by atoms with Gasteiger partial charge in [0.1, 0.15) is 11.5 Å². The second-order valence-corrected chi connectivity index (χ2v) is 7.33. The molecule has 108 valence electrons. The van der Waals surface area contributed by atoms with Crippen molar-refractivity contribution in [2.75, 3.05) is 12.8 Å². The second-order valence-electron chi connectivity index (χ2n) is 4.46. The molecule has 5 nitrogen and oxygen atoms in total. The Labute approximate surface area is 126 Å². The molecule has 0 atom stereocenters. The van der Waals surface area contributed by atoms with Crippen LogP contribution in [-0.4, -0.2) is 19.8 Å². The first-order valence-electron chi connectivity index (χ1n) is 5.87. The number of hydrogen-bond acceptors (Lipinski definition) is 4. The van der Waals surface area contributed by atoms with Gasteiger partial charge in [0.2, 0.25) is 10.0 Å². The van der Waals surface area contributed by atoms with Gasteiger partial charge in [-0.1, -0.05) is 0 Å². The molecule has 1 heterocycles. The van der Waals surface area contributed by atoms with Crippen molar-refractivity contribution in [3.05, 3.63) is 46.3 Å². The summed E-state index contributed by atoms with van der Waals surface area (Å²) in [6.45, 7) is 1.99. The van der Waals surface area contributed by atoms with Crippen molar-refractivity contribution in [3.63, 3.8) is 0 Å². The van der Waals surface area contributed by atoms with E-state index in [2.05, 4.69) is 15.9 Å². The van der Waals surface area contributed by atoms with E-state index in [0.29, 0.717) is 15.9 Å². The molecule has 2 rings (SSSR count). The molecule has 2 N–H and O–H groups in total. The van der Waals surface area contributed by atoms with Crippen LogP contribution in [0.2, 0.25) is 0 Å². The van der Waals surface area contributed by atoms with Crippen LogP contribution < -0.4 is 5.73 Å². The zero-order valence-electron chi connectivity index (χ0n) is 11.1. The van der Waals surface area contributed by atoms with Gasteiger partial charge in [0.05, 0.1) is 11.4 Å². The van der Waals surface area contributed by atoms with E-state index in [4.69, 9.17) is 10.2 Å². The standard InChI is InChI=1S/C13H15BrN2O3S/c1-9-3-5-11(19-9)8-16(2)20(17,18)13-6-4-10(15)7-12(13)14/h3-7H,8,15H2,1-2H3. The smallest absolute Gasteiger partial charge is 0.244 e. The number of nitrogens with zero attached hydrogens (tertiary/aromatic N) is 1. The Balaban J connectivity index is 2.29. The molecule has 0 radical (unpaired) electrons. The molecule has 7 heteroatoms. The third-order valence-corrected chi connectivity index (χ3v) is 5.60. The summed E-state index contributed by atoms with van der Waals surface area (Å²) in [5.41, 5.74) is 6.12. The molecule has 0 aliphatic carbocycles. The van der Waals surface area contributed by atoms with Gasteiger partial charge >= 0.3 is 0 Å². The van der Waals surface area contributed by atoms with E-state index in [1.807, 2.05) is 6.92 Å². The van der Waals surface area contributed by atoms with E-state index in [1.165, 1.54) is 17.4 Å². The Morgan fingerprint density at radius 3 is 2.55 bits per heavy atom. The van der Waals surface area contributed by atoms with Crippen molar-refractivity contribution in [1.29, 1.82) is 0 Å². The third-order valence-electron chi connectivity index (χ3n) is 2.82. The maximum absolute atomic E-state index is 12.5. The lowest BCUT2D eigenvalue weighted by Gasteiger charge is -2.17. The number of halogens is 1. The van der Waals surface area contributed by atoms with Gasteiger partial charge in [0.25, 0.3) is 0 Å². The Bertz CT molecular complexity index is 725. The molecule has 0 aliphatic heterocycles. The van der Waals surface area contributed by atoms with Crippen molar-refractivity contribution in [2.24, 2.45) is 0 Å². The summed E-state index contributed by atoms with van der Waals surface area (Å²) < 4.78 is 32.1. The van der Waals surface area contributed by atoms with Gasteiger partial charge in [-0.15, -0.1) is 0 Å². The van der Waals surface area contributed by atoms with Crippen LogP contribution in [0.5, 0.6) is 0 Å². The van der Waals surface area contributed by atoms with Gasteiger partial charge in [-0.2, -0.15) is 4.31 Å². The largest absolute Gasteiger partial charge is 0.465 e. The molecule has 0 saturated carbocycles. The molecule has 2 aromatic rings. The number of benzene rings is 1. The lowest BCUT2D eigenvalue weighted by atomic mass is 10.3. The predicted octanol–water partition coefficient (Wildman–Crippen LogP) is 2.75. The maximum atomic E-state index is 12.5. The number of anilines is 1. The van der Waals surface area contributed by atoms with E-state index in [1.54, 1.807) is 24.3 Å². The van der Waals surface area contributed by atoms with Crippen LogP contribution in [0, 0.1) is 6.92 Å². The topological polar surface area (TPSA) is 76.5 Å². The Kier molecular flexibility index (Phi) is 4.22. The molecule has 0 bridgehead atoms. The Hall–Kier alpha value is -1.31. The number of furan rings is 1. The number of nitrogens with two attached hydrogens (primary N) is 1. The van der Waals surface area contributed by atoms with Gasteiger partial charge in [-0.3, -0.25) is 0 Å². The van der Waals surface area contributed by atoms with Gasteiger partial charge in [-0.05, 0) is 53.2 Å². The van der Waals surface area contributed by atoms with Crippen LogP contribution in [0.3, 0.4) is 0 Å². The van der Waals surface area contributed by atoms with E-state index < -0.39 is 10.0 Å². The number of nitrogen functional groups attached to an aromatic ring is 1. The van der Waals surface area contributed by atoms with Crippen LogP contribution in [0.15, 0.2) is 44.1 Å². The molecule has 0 aliphatic rings. The summed E-state index contributed by atoms with van der Waals surface area (Å²) in [5, 5.41) is 0. The number of hydrogen-bond donors (Lipinski definition) is 1. The molecule has 1 aromatic carbocycles. The fourth-order valence-electron chi connectivity index (χ4n) is 1.77. The number of aryl methyl sites for hydroxylation is 1. The lowest BCUT2D eigenvalue weighted by Crippen LogP contribution is -2.26. The molecule has 1 aromatic heterocycles. The average molecular weight is 359 g/mol. The van der Waals surface area contributed by atoms with Gasteiger partial charge in [0, 0.05) is 17.2 Å². The summed E-state index contributed by atoms with van der Waals surface area (Å²) >= 11 is 3.23. The molecule has 0 unspecified atom stereocenters. The number of rotatable bonds is 4. The Morgan fingerprint density at radius 2 is 2.00 bits per heavy atom. The van der Waals surface area contributed by atoms with E-state index in [0.717, 1.165) is 5.76 Å². The minimum absolute atomic E-state index is 0.174. The fourth-order valence-corrected chi connectivity index (χ4v) is 3.96. The zero-order chi connectivity index (χ0) is 14.9. The first kappa shape index (κ1) is 15.1. The van der Waals surface area contributed by atoms with Gasteiger partial charge in [-0.25, -0.2) is 8.42 Å². The maximum Gasteiger partial charge on any atom is 0.244 e. The summed E-state index contributed by atoms with van der Waals surface area (Å²) in [7, 11) is -2.09. The lowest BCUT2D eigenvalue weighted by molar-refractivity contribution is 0.397. The van der Waals surface area contributed by atoms with Crippen LogP contribution in [-0.2, 0) is 16.6 Å². The average Bonchev–Trinajstić information content (AvgIpc) is 2.74. The highest BCUT2D eigenvalue weighted by molar-refractivity contribution is 9.10. The van der Waals surface area contributed by atoms with E-state index >= 15 is 0 Å². The molecular formula is C13H15BrN2O3S. The van der Waals surface area contributed by atoms with Crippen molar-refractivity contribution < 1.29 is 12.8 Å². The molecule has 0 amide bonds. The number of sulfonamides is 1. The normalized spacial score (nSPS) is 12.0. The highest BCUT2D eigenvalue weighted by Gasteiger charge is 2.24. The quantitative estimate of drug-likeness (QED) is 0.852. The van der Waals surface area contributed by atoms with Crippen molar-refractivity contribution in [3.8, 4) is 0 Å². The molecule has 0 fully saturated rings. The fraction of sp³-hybridized carbons (Fsp3) is 0.231. The third kappa shape index (κ3) is 3.05. The summed E-state index contributed by atoms with van der Waals surface area (Å²) in [5.74, 6) is 1.35. The molecule has 20 heavy (non-hydrogen) atoms. The summed E-state index contributed by atoms with van der Waals surface area (Å²) in [4.78, 5) is 0.178. The van der Waals surface area contributed by atoms with Crippen LogP contribution in [0.4, 0.5) is 5.69 Å². The monoisotopic (exact) mass is 358 g/mol. The molecular weight excluding hydrogens is 344 g/mol. The predicted molar refractivity (Wildman–Crippen MR) is 80.7 cm³/mol. The van der Waals surface area contributed by atoms with E-state index in [-0.39, 0.29) is 11.4 Å². The SMILES string of the molecule is Cc1ccc(CN(C)S(=O)(=O)c2ccc(N)cc2Br)o1. The minimum Gasteiger partial charge on any atom is -0.465 e. The molecule has 0 saturated heterocycles. The van der Waals surface area contributed by atoms with Crippen LogP contribution in [0.25, 0.3) is 0 Å². The highest BCUT2D eigenvalue weighted by Crippen LogP contribution is 2.27. The molecule has 0 spiro atoms. The summed E-state index contributed by atoms with van der Waals surface area (Å²) in [6, 6.07) is 8.17. The van der Waals surface area contributed by atoms with Gasteiger partial charge < -0.3 is 10.2 Å².